The topological polar surface area (TPSA) is 38.7 Å². The summed E-state index contributed by atoms with van der Waals surface area (Å²) in [7, 11) is -1.58. The monoisotopic (exact) mass is 192 g/mol. The molecule has 1 aliphatic heterocycles. The molecule has 1 heterocycles. The third-order valence-electron chi connectivity index (χ3n) is 1.94. The van der Waals surface area contributed by atoms with Gasteiger partial charge < -0.3 is 13.9 Å². The van der Waals surface area contributed by atoms with Crippen molar-refractivity contribution in [3.05, 3.63) is 0 Å². The Morgan fingerprint density at radius 3 is 1.67 bits per heavy atom. The van der Waals surface area contributed by atoms with Crippen molar-refractivity contribution in [2.24, 2.45) is 0 Å². The van der Waals surface area contributed by atoms with E-state index in [2.05, 4.69) is 0 Å². The Kier molecular flexibility index (Phi) is 5.88. The molecule has 0 unspecified atom stereocenters. The van der Waals surface area contributed by atoms with Gasteiger partial charge in [-0.25, -0.2) is 0 Å². The Morgan fingerprint density at radius 2 is 1.17 bits per heavy atom. The van der Waals surface area contributed by atoms with E-state index in [0.717, 1.165) is 12.8 Å². The molecule has 1 aliphatic rings. The van der Waals surface area contributed by atoms with Crippen LogP contribution in [0.25, 0.3) is 0 Å². The van der Waals surface area contributed by atoms with Gasteiger partial charge in [0.25, 0.3) is 0 Å². The molecule has 0 aromatic carbocycles. The van der Waals surface area contributed by atoms with Gasteiger partial charge in [-0.2, -0.15) is 0 Å². The van der Waals surface area contributed by atoms with Crippen molar-refractivity contribution in [3.8, 4) is 0 Å². The van der Waals surface area contributed by atoms with Gasteiger partial charge in [0, 0.05) is 0 Å². The fraction of sp³-hybridized carbons (Fsp3) is 1.00. The maximum atomic E-state index is 9.14. The van der Waals surface area contributed by atoms with Crippen LogP contribution in [0.5, 0.6) is 0 Å². The minimum Gasteiger partial charge on any atom is -0.328 e. The van der Waals surface area contributed by atoms with E-state index in [1.807, 2.05) is 0 Å². The lowest BCUT2D eigenvalue weighted by molar-refractivity contribution is 0.197. The van der Waals surface area contributed by atoms with E-state index < -0.39 is 8.60 Å². The zero-order valence-electron chi connectivity index (χ0n) is 7.37. The fourth-order valence-electron chi connectivity index (χ4n) is 1.23. The molecule has 0 saturated carbocycles. The lowest BCUT2D eigenvalue weighted by Crippen LogP contribution is -1.93. The quantitative estimate of drug-likeness (QED) is 0.599. The van der Waals surface area contributed by atoms with E-state index in [1.54, 1.807) is 0 Å². The van der Waals surface area contributed by atoms with Gasteiger partial charge in [-0.15, -0.1) is 0 Å². The summed E-state index contributed by atoms with van der Waals surface area (Å²) in [4.78, 5) is 9.14. The molecule has 1 rings (SSSR count). The van der Waals surface area contributed by atoms with Crippen LogP contribution in [0.3, 0.4) is 0 Å². The van der Waals surface area contributed by atoms with Crippen molar-refractivity contribution < 1.29 is 13.9 Å². The van der Waals surface area contributed by atoms with Crippen LogP contribution < -0.4 is 0 Å². The summed E-state index contributed by atoms with van der Waals surface area (Å²) in [5, 5.41) is 0. The summed E-state index contributed by atoms with van der Waals surface area (Å²) in [6, 6.07) is 0. The Morgan fingerprint density at radius 1 is 0.750 bits per heavy atom. The Labute approximate surface area is 75.1 Å². The average Bonchev–Trinajstić information content (AvgIpc) is 2.11. The van der Waals surface area contributed by atoms with Crippen LogP contribution >= 0.6 is 8.60 Å². The first-order chi connectivity index (χ1) is 5.89. The average molecular weight is 192 g/mol. The molecule has 3 nitrogen and oxygen atoms in total. The van der Waals surface area contributed by atoms with E-state index in [0.29, 0.717) is 13.2 Å². The first kappa shape index (κ1) is 10.4. The van der Waals surface area contributed by atoms with Crippen LogP contribution in [-0.4, -0.2) is 18.1 Å². The van der Waals surface area contributed by atoms with Gasteiger partial charge >= 0.3 is 8.60 Å². The molecule has 0 aromatic rings. The molecule has 0 amide bonds. The SMILES string of the molecule is OP1OCCCCCCCCO1. The minimum absolute atomic E-state index is 0.641. The second-order valence-electron chi connectivity index (χ2n) is 3.03. The molecule has 0 aliphatic carbocycles. The summed E-state index contributed by atoms with van der Waals surface area (Å²) in [5.74, 6) is 0. The molecule has 0 radical (unpaired) electrons. The molecule has 1 fully saturated rings. The van der Waals surface area contributed by atoms with Crippen LogP contribution in [0.1, 0.15) is 38.5 Å². The molecule has 0 bridgehead atoms. The third kappa shape index (κ3) is 5.04. The molecule has 0 spiro atoms. The van der Waals surface area contributed by atoms with Gasteiger partial charge in [-0.3, -0.25) is 0 Å². The van der Waals surface area contributed by atoms with Crippen LogP contribution in [0.4, 0.5) is 0 Å². The van der Waals surface area contributed by atoms with Gasteiger partial charge in [0.15, 0.2) is 0 Å². The van der Waals surface area contributed by atoms with E-state index in [1.165, 1.54) is 25.7 Å². The van der Waals surface area contributed by atoms with Crippen molar-refractivity contribution in [2.75, 3.05) is 13.2 Å². The maximum absolute atomic E-state index is 9.14. The second kappa shape index (κ2) is 6.79. The standard InChI is InChI=1S/C8H17O3P/c9-12-10-7-5-3-1-2-4-6-8-11-12/h9H,1-8H2. The van der Waals surface area contributed by atoms with Gasteiger partial charge in [0.05, 0.1) is 13.2 Å². The molecule has 12 heavy (non-hydrogen) atoms. The Hall–Kier alpha value is 0.310. The summed E-state index contributed by atoms with van der Waals surface area (Å²) < 4.78 is 10.1. The second-order valence-corrected chi connectivity index (χ2v) is 4.02. The van der Waals surface area contributed by atoms with Gasteiger partial charge in [-0.05, 0) is 12.8 Å². The van der Waals surface area contributed by atoms with E-state index >= 15 is 0 Å². The number of hydrogen-bond donors (Lipinski definition) is 1. The van der Waals surface area contributed by atoms with Crippen molar-refractivity contribution in [3.63, 3.8) is 0 Å². The summed E-state index contributed by atoms with van der Waals surface area (Å²) in [6.07, 6.45) is 7.08. The lowest BCUT2D eigenvalue weighted by Gasteiger charge is -2.08. The molecule has 1 N–H and O–H groups in total. The van der Waals surface area contributed by atoms with Crippen LogP contribution in [0, 0.1) is 0 Å². The van der Waals surface area contributed by atoms with Crippen LogP contribution in [0.15, 0.2) is 0 Å². The highest BCUT2D eigenvalue weighted by molar-refractivity contribution is 7.40. The van der Waals surface area contributed by atoms with Crippen molar-refractivity contribution in [2.45, 2.75) is 38.5 Å². The molecular formula is C8H17O3P. The third-order valence-corrected chi connectivity index (χ3v) is 2.75. The lowest BCUT2D eigenvalue weighted by atomic mass is 10.1. The Bertz CT molecular complexity index is 98.5. The first-order valence-corrected chi connectivity index (χ1v) is 5.77. The maximum Gasteiger partial charge on any atom is 0.329 e. The zero-order valence-corrected chi connectivity index (χ0v) is 8.26. The number of hydrogen-bond acceptors (Lipinski definition) is 3. The summed E-state index contributed by atoms with van der Waals surface area (Å²) in [5.41, 5.74) is 0. The predicted octanol–water partition coefficient (Wildman–Crippen LogP) is 2.59. The summed E-state index contributed by atoms with van der Waals surface area (Å²) in [6.45, 7) is 1.28. The smallest absolute Gasteiger partial charge is 0.328 e. The van der Waals surface area contributed by atoms with Gasteiger partial charge in [0.1, 0.15) is 0 Å². The molecule has 72 valence electrons. The summed E-state index contributed by atoms with van der Waals surface area (Å²) >= 11 is 0. The van der Waals surface area contributed by atoms with Gasteiger partial charge in [0.2, 0.25) is 0 Å². The first-order valence-electron chi connectivity index (χ1n) is 4.64. The highest BCUT2D eigenvalue weighted by Crippen LogP contribution is 2.33. The normalized spacial score (nSPS) is 24.8. The van der Waals surface area contributed by atoms with E-state index in [4.69, 9.17) is 13.9 Å². The van der Waals surface area contributed by atoms with E-state index in [9.17, 15) is 0 Å². The largest absolute Gasteiger partial charge is 0.329 e. The highest BCUT2D eigenvalue weighted by atomic mass is 31.2. The fourth-order valence-corrected chi connectivity index (χ4v) is 1.88. The molecule has 0 atom stereocenters. The minimum atomic E-state index is -1.58. The predicted molar refractivity (Wildman–Crippen MR) is 48.7 cm³/mol. The zero-order chi connectivity index (χ0) is 8.65. The number of rotatable bonds is 0. The molecular weight excluding hydrogens is 175 g/mol. The van der Waals surface area contributed by atoms with Crippen molar-refractivity contribution in [1.29, 1.82) is 0 Å². The van der Waals surface area contributed by atoms with Crippen LogP contribution in [0.2, 0.25) is 0 Å². The molecule has 4 heteroatoms. The highest BCUT2D eigenvalue weighted by Gasteiger charge is 2.06. The Balaban J connectivity index is 2.13. The van der Waals surface area contributed by atoms with Crippen LogP contribution in [-0.2, 0) is 9.05 Å². The van der Waals surface area contributed by atoms with Crippen molar-refractivity contribution in [1.82, 2.24) is 0 Å². The molecule has 1 saturated heterocycles. The molecule has 0 aromatic heterocycles. The van der Waals surface area contributed by atoms with Crippen molar-refractivity contribution >= 4 is 8.60 Å². The van der Waals surface area contributed by atoms with Gasteiger partial charge in [-0.1, -0.05) is 25.7 Å². The van der Waals surface area contributed by atoms with E-state index in [-0.39, 0.29) is 0 Å².